The molecule has 1 atom stereocenters. The number of rotatable bonds is 7. The van der Waals surface area contributed by atoms with E-state index in [2.05, 4.69) is 10.3 Å². The van der Waals surface area contributed by atoms with Crippen molar-refractivity contribution in [1.82, 2.24) is 4.98 Å². The molecule has 1 aliphatic rings. The lowest BCUT2D eigenvalue weighted by Crippen LogP contribution is -2.45. The third-order valence-electron chi connectivity index (χ3n) is 4.61. The topological polar surface area (TPSA) is 60.5 Å². The first kappa shape index (κ1) is 16.7. The molecule has 1 aromatic carbocycles. The number of nitrogens with one attached hydrogen (secondary N) is 1. The van der Waals surface area contributed by atoms with Gasteiger partial charge in [-0.25, -0.2) is 0 Å². The van der Waals surface area contributed by atoms with Crippen LogP contribution in [-0.4, -0.2) is 30.2 Å². The maximum atomic E-state index is 12.9. The SMILES string of the molecule is CCCO[C@](C)(C(=O)Nc1ccc(OC)c2ncccc12)C1CC1. The second-order valence-electron chi connectivity index (χ2n) is 6.40. The van der Waals surface area contributed by atoms with E-state index in [1.54, 1.807) is 13.3 Å². The van der Waals surface area contributed by atoms with E-state index >= 15 is 0 Å². The van der Waals surface area contributed by atoms with Gasteiger partial charge in [-0.2, -0.15) is 0 Å². The van der Waals surface area contributed by atoms with Crippen molar-refractivity contribution in [2.24, 2.45) is 5.92 Å². The first-order valence-electron chi connectivity index (χ1n) is 8.47. The fourth-order valence-electron chi connectivity index (χ4n) is 2.98. The Labute approximate surface area is 142 Å². The first-order valence-corrected chi connectivity index (χ1v) is 8.47. The number of pyridine rings is 1. The maximum Gasteiger partial charge on any atom is 0.256 e. The Morgan fingerprint density at radius 3 is 2.83 bits per heavy atom. The number of amides is 1. The van der Waals surface area contributed by atoms with E-state index in [4.69, 9.17) is 9.47 Å². The molecule has 0 bridgehead atoms. The number of anilines is 1. The number of carbonyl (C=O) groups excluding carboxylic acids is 1. The Hall–Kier alpha value is -2.14. The van der Waals surface area contributed by atoms with Crippen molar-refractivity contribution in [1.29, 1.82) is 0 Å². The van der Waals surface area contributed by atoms with Crippen LogP contribution >= 0.6 is 0 Å². The minimum Gasteiger partial charge on any atom is -0.494 e. The quantitative estimate of drug-likeness (QED) is 0.840. The fourth-order valence-corrected chi connectivity index (χ4v) is 2.98. The highest BCUT2D eigenvalue weighted by molar-refractivity contribution is 6.05. The third kappa shape index (κ3) is 3.08. The standard InChI is InChI=1S/C19H24N2O3/c1-4-12-24-19(2,13-7-8-13)18(22)21-15-9-10-16(23-3)17-14(15)6-5-11-20-17/h5-6,9-11,13H,4,7-8,12H2,1-3H3,(H,21,22)/t19-/m0/s1. The highest BCUT2D eigenvalue weighted by Gasteiger charge is 2.48. The zero-order valence-corrected chi connectivity index (χ0v) is 14.5. The summed E-state index contributed by atoms with van der Waals surface area (Å²) in [7, 11) is 1.62. The Kier molecular flexibility index (Phi) is 4.71. The molecule has 1 heterocycles. The summed E-state index contributed by atoms with van der Waals surface area (Å²) < 4.78 is 11.3. The van der Waals surface area contributed by atoms with Crippen molar-refractivity contribution in [2.75, 3.05) is 19.0 Å². The van der Waals surface area contributed by atoms with E-state index in [-0.39, 0.29) is 5.91 Å². The second-order valence-corrected chi connectivity index (χ2v) is 6.40. The van der Waals surface area contributed by atoms with Crippen LogP contribution in [0.5, 0.6) is 5.75 Å². The van der Waals surface area contributed by atoms with Crippen LogP contribution < -0.4 is 10.1 Å². The van der Waals surface area contributed by atoms with Crippen molar-refractivity contribution < 1.29 is 14.3 Å². The number of hydrogen-bond donors (Lipinski definition) is 1. The van der Waals surface area contributed by atoms with E-state index < -0.39 is 5.60 Å². The number of aromatic nitrogens is 1. The van der Waals surface area contributed by atoms with Crippen LogP contribution in [0.25, 0.3) is 10.9 Å². The molecule has 5 nitrogen and oxygen atoms in total. The molecule has 0 radical (unpaired) electrons. The average Bonchev–Trinajstić information content (AvgIpc) is 3.45. The molecule has 1 aliphatic carbocycles. The highest BCUT2D eigenvalue weighted by Crippen LogP contribution is 2.43. The highest BCUT2D eigenvalue weighted by atomic mass is 16.5. The number of ether oxygens (including phenoxy) is 2. The Morgan fingerprint density at radius 1 is 1.38 bits per heavy atom. The van der Waals surface area contributed by atoms with Crippen LogP contribution in [0.3, 0.4) is 0 Å². The Morgan fingerprint density at radius 2 is 2.17 bits per heavy atom. The van der Waals surface area contributed by atoms with Crippen molar-refractivity contribution in [2.45, 2.75) is 38.7 Å². The van der Waals surface area contributed by atoms with Crippen molar-refractivity contribution in [3.8, 4) is 5.75 Å². The zero-order valence-electron chi connectivity index (χ0n) is 14.5. The molecular weight excluding hydrogens is 304 g/mol. The second kappa shape index (κ2) is 6.77. The molecule has 24 heavy (non-hydrogen) atoms. The van der Waals surface area contributed by atoms with E-state index in [0.29, 0.717) is 18.3 Å². The van der Waals surface area contributed by atoms with Gasteiger partial charge >= 0.3 is 0 Å². The van der Waals surface area contributed by atoms with Gasteiger partial charge in [-0.05, 0) is 56.4 Å². The van der Waals surface area contributed by atoms with E-state index in [1.165, 1.54) is 0 Å². The van der Waals surface area contributed by atoms with Gasteiger partial charge < -0.3 is 14.8 Å². The van der Waals surface area contributed by atoms with Gasteiger partial charge in [-0.3, -0.25) is 9.78 Å². The molecule has 3 rings (SSSR count). The molecule has 1 aromatic heterocycles. The molecular formula is C19H24N2O3. The summed E-state index contributed by atoms with van der Waals surface area (Å²) in [6.07, 6.45) is 4.69. The van der Waals surface area contributed by atoms with Crippen molar-refractivity contribution >= 4 is 22.5 Å². The summed E-state index contributed by atoms with van der Waals surface area (Å²) in [6, 6.07) is 7.47. The first-order chi connectivity index (χ1) is 11.6. The van der Waals surface area contributed by atoms with E-state index in [9.17, 15) is 4.79 Å². The van der Waals surface area contributed by atoms with Gasteiger partial charge in [-0.1, -0.05) is 6.92 Å². The molecule has 0 unspecified atom stereocenters. The van der Waals surface area contributed by atoms with Gasteiger partial charge in [0.05, 0.1) is 12.8 Å². The average molecular weight is 328 g/mol. The van der Waals surface area contributed by atoms with Crippen LogP contribution in [0.4, 0.5) is 5.69 Å². The Bertz CT molecular complexity index is 742. The number of methoxy groups -OCH3 is 1. The lowest BCUT2D eigenvalue weighted by Gasteiger charge is -2.29. The van der Waals surface area contributed by atoms with Crippen LogP contribution in [0.1, 0.15) is 33.1 Å². The van der Waals surface area contributed by atoms with Gasteiger partial charge in [0.2, 0.25) is 0 Å². The lowest BCUT2D eigenvalue weighted by atomic mass is 9.98. The van der Waals surface area contributed by atoms with Gasteiger partial charge in [0.1, 0.15) is 16.9 Å². The largest absolute Gasteiger partial charge is 0.494 e. The Balaban J connectivity index is 1.90. The molecule has 1 saturated carbocycles. The fraction of sp³-hybridized carbons (Fsp3) is 0.474. The molecule has 0 aliphatic heterocycles. The van der Waals surface area contributed by atoms with E-state index in [1.807, 2.05) is 38.1 Å². The zero-order chi connectivity index (χ0) is 17.2. The summed E-state index contributed by atoms with van der Waals surface area (Å²) >= 11 is 0. The summed E-state index contributed by atoms with van der Waals surface area (Å²) in [4.78, 5) is 17.3. The predicted octanol–water partition coefficient (Wildman–Crippen LogP) is 3.78. The van der Waals surface area contributed by atoms with Crippen molar-refractivity contribution in [3.63, 3.8) is 0 Å². The molecule has 1 N–H and O–H groups in total. The normalized spacial score (nSPS) is 16.6. The number of nitrogens with zero attached hydrogens (tertiary/aromatic N) is 1. The summed E-state index contributed by atoms with van der Waals surface area (Å²) in [5.41, 5.74) is 0.695. The summed E-state index contributed by atoms with van der Waals surface area (Å²) in [6.45, 7) is 4.54. The molecule has 2 aromatic rings. The number of benzene rings is 1. The molecule has 128 valence electrons. The molecule has 0 spiro atoms. The summed E-state index contributed by atoms with van der Waals surface area (Å²) in [5.74, 6) is 0.899. The van der Waals surface area contributed by atoms with Crippen LogP contribution in [0, 0.1) is 5.92 Å². The van der Waals surface area contributed by atoms with Crippen LogP contribution in [0.15, 0.2) is 30.5 Å². The van der Waals surface area contributed by atoms with Gasteiger partial charge in [0, 0.05) is 18.2 Å². The van der Waals surface area contributed by atoms with Crippen LogP contribution in [0.2, 0.25) is 0 Å². The predicted molar refractivity (Wildman–Crippen MR) is 94.3 cm³/mol. The molecule has 1 fully saturated rings. The number of carbonyl (C=O) groups is 1. The van der Waals surface area contributed by atoms with E-state index in [0.717, 1.165) is 35.9 Å². The number of fused-ring (bicyclic) bond motifs is 1. The van der Waals surface area contributed by atoms with Gasteiger partial charge in [-0.15, -0.1) is 0 Å². The third-order valence-corrected chi connectivity index (χ3v) is 4.61. The molecule has 1 amide bonds. The maximum absolute atomic E-state index is 12.9. The monoisotopic (exact) mass is 328 g/mol. The summed E-state index contributed by atoms with van der Waals surface area (Å²) in [5, 5.41) is 3.91. The van der Waals surface area contributed by atoms with Crippen molar-refractivity contribution in [3.05, 3.63) is 30.5 Å². The smallest absolute Gasteiger partial charge is 0.256 e. The number of hydrogen-bond acceptors (Lipinski definition) is 4. The lowest BCUT2D eigenvalue weighted by molar-refractivity contribution is -0.142. The molecule has 0 saturated heterocycles. The molecule has 5 heteroatoms. The van der Waals surface area contributed by atoms with Gasteiger partial charge in [0.15, 0.2) is 0 Å². The van der Waals surface area contributed by atoms with Gasteiger partial charge in [0.25, 0.3) is 5.91 Å². The minimum atomic E-state index is -0.773. The minimum absolute atomic E-state index is 0.0891. The van der Waals surface area contributed by atoms with Crippen LogP contribution in [-0.2, 0) is 9.53 Å².